The molecule has 1 amide bonds. The molecule has 0 radical (unpaired) electrons. The molecule has 1 aromatic carbocycles. The summed E-state index contributed by atoms with van der Waals surface area (Å²) in [5, 5.41) is 0. The molecule has 1 aliphatic rings. The zero-order valence-electron chi connectivity index (χ0n) is 12.7. The number of rotatable bonds is 3. The van der Waals surface area contributed by atoms with Gasteiger partial charge in [0.15, 0.2) is 0 Å². The molecule has 0 unspecified atom stereocenters. The average molecular weight is 296 g/mol. The molecule has 5 nitrogen and oxygen atoms in total. The van der Waals surface area contributed by atoms with Crippen molar-refractivity contribution < 1.29 is 4.79 Å². The molecule has 1 aromatic heterocycles. The maximum absolute atomic E-state index is 11.7. The maximum atomic E-state index is 11.7. The van der Waals surface area contributed by atoms with Crippen LogP contribution in [0.5, 0.6) is 0 Å². The quantitative estimate of drug-likeness (QED) is 0.868. The molecule has 1 fully saturated rings. The van der Waals surface area contributed by atoms with Gasteiger partial charge < -0.3 is 4.90 Å². The summed E-state index contributed by atoms with van der Waals surface area (Å²) >= 11 is 0. The van der Waals surface area contributed by atoms with Gasteiger partial charge in [-0.2, -0.15) is 0 Å². The maximum Gasteiger partial charge on any atom is 0.219 e. The van der Waals surface area contributed by atoms with Crippen LogP contribution in [0.2, 0.25) is 0 Å². The van der Waals surface area contributed by atoms with E-state index in [0.29, 0.717) is 0 Å². The first kappa shape index (κ1) is 14.7. The number of carbonyl (C=O) groups excluding carboxylic acids is 1. The number of carbonyl (C=O) groups is 1. The molecule has 2 aromatic rings. The zero-order chi connectivity index (χ0) is 15.4. The molecule has 2 heterocycles. The van der Waals surface area contributed by atoms with Gasteiger partial charge in [0, 0.05) is 51.7 Å². The van der Waals surface area contributed by atoms with E-state index in [9.17, 15) is 4.79 Å². The third kappa shape index (κ3) is 3.31. The van der Waals surface area contributed by atoms with Gasteiger partial charge in [0.2, 0.25) is 5.91 Å². The molecule has 0 bridgehead atoms. The van der Waals surface area contributed by atoms with E-state index in [0.717, 1.165) is 31.9 Å². The van der Waals surface area contributed by atoms with E-state index in [-0.39, 0.29) is 11.9 Å². The molecule has 0 aliphatic carbocycles. The van der Waals surface area contributed by atoms with Crippen LogP contribution in [0.25, 0.3) is 0 Å². The van der Waals surface area contributed by atoms with Crippen LogP contribution in [0.15, 0.2) is 48.9 Å². The van der Waals surface area contributed by atoms with E-state index in [4.69, 9.17) is 0 Å². The Morgan fingerprint density at radius 1 is 1.23 bits per heavy atom. The van der Waals surface area contributed by atoms with Crippen LogP contribution in [0.1, 0.15) is 24.2 Å². The average Bonchev–Trinajstić information content (AvgIpc) is 2.57. The Morgan fingerprint density at radius 3 is 2.73 bits per heavy atom. The van der Waals surface area contributed by atoms with Crippen LogP contribution >= 0.6 is 0 Å². The highest BCUT2D eigenvalue weighted by molar-refractivity contribution is 5.73. The summed E-state index contributed by atoms with van der Waals surface area (Å²) in [4.78, 5) is 24.5. The fourth-order valence-corrected chi connectivity index (χ4v) is 2.91. The standard InChI is InChI=1S/C17H20N4O/c1-14(22)20-9-10-21(12-16-11-18-7-8-19-16)17(13-20)15-5-3-2-4-6-15/h2-8,11,17H,9-10,12-13H2,1H3/t17-/m0/s1. The number of benzene rings is 1. The van der Waals surface area contributed by atoms with Crippen LogP contribution in [-0.4, -0.2) is 45.3 Å². The van der Waals surface area contributed by atoms with Gasteiger partial charge in [-0.25, -0.2) is 0 Å². The number of amides is 1. The Labute approximate surface area is 130 Å². The summed E-state index contributed by atoms with van der Waals surface area (Å²) in [6.45, 7) is 4.72. The summed E-state index contributed by atoms with van der Waals surface area (Å²) in [5.41, 5.74) is 2.19. The van der Waals surface area contributed by atoms with Crippen LogP contribution < -0.4 is 0 Å². The molecule has 0 saturated carbocycles. The van der Waals surface area contributed by atoms with Gasteiger partial charge >= 0.3 is 0 Å². The molecular weight excluding hydrogens is 276 g/mol. The number of hydrogen-bond acceptors (Lipinski definition) is 4. The largest absolute Gasteiger partial charge is 0.340 e. The Morgan fingerprint density at radius 2 is 2.05 bits per heavy atom. The van der Waals surface area contributed by atoms with Crippen molar-refractivity contribution in [2.45, 2.75) is 19.5 Å². The first-order chi connectivity index (χ1) is 10.7. The fourth-order valence-electron chi connectivity index (χ4n) is 2.91. The van der Waals surface area contributed by atoms with Gasteiger partial charge in [0.25, 0.3) is 0 Å². The third-order valence-corrected chi connectivity index (χ3v) is 4.10. The third-order valence-electron chi connectivity index (χ3n) is 4.10. The van der Waals surface area contributed by atoms with Crippen molar-refractivity contribution in [3.63, 3.8) is 0 Å². The van der Waals surface area contributed by atoms with Gasteiger partial charge in [0.05, 0.1) is 11.7 Å². The predicted molar refractivity (Wildman–Crippen MR) is 83.9 cm³/mol. The van der Waals surface area contributed by atoms with Gasteiger partial charge in [-0.1, -0.05) is 30.3 Å². The van der Waals surface area contributed by atoms with Crippen molar-refractivity contribution in [1.29, 1.82) is 0 Å². The van der Waals surface area contributed by atoms with Crippen molar-refractivity contribution >= 4 is 5.91 Å². The topological polar surface area (TPSA) is 49.3 Å². The Balaban J connectivity index is 1.82. The molecule has 0 spiro atoms. The summed E-state index contributed by atoms with van der Waals surface area (Å²) in [5.74, 6) is 0.139. The SMILES string of the molecule is CC(=O)N1CCN(Cc2cnccn2)[C@H](c2ccccc2)C1. The van der Waals surface area contributed by atoms with Crippen molar-refractivity contribution in [2.75, 3.05) is 19.6 Å². The molecule has 3 rings (SSSR count). The minimum Gasteiger partial charge on any atom is -0.340 e. The lowest BCUT2D eigenvalue weighted by atomic mass is 10.0. The number of piperazine rings is 1. The number of nitrogens with zero attached hydrogens (tertiary/aromatic N) is 4. The molecule has 1 atom stereocenters. The zero-order valence-corrected chi connectivity index (χ0v) is 12.7. The summed E-state index contributed by atoms with van der Waals surface area (Å²) in [6.07, 6.45) is 5.21. The van der Waals surface area contributed by atoms with E-state index in [1.807, 2.05) is 23.1 Å². The normalized spacial score (nSPS) is 19.1. The van der Waals surface area contributed by atoms with Crippen LogP contribution in [0.3, 0.4) is 0 Å². The van der Waals surface area contributed by atoms with Gasteiger partial charge in [0.1, 0.15) is 0 Å². The molecule has 22 heavy (non-hydrogen) atoms. The Hall–Kier alpha value is -2.27. The molecular formula is C17H20N4O. The van der Waals surface area contributed by atoms with Crippen molar-refractivity contribution in [1.82, 2.24) is 19.8 Å². The lowest BCUT2D eigenvalue weighted by Crippen LogP contribution is -2.49. The van der Waals surface area contributed by atoms with Gasteiger partial charge in [-0.15, -0.1) is 0 Å². The van der Waals surface area contributed by atoms with E-state index in [1.54, 1.807) is 25.5 Å². The molecule has 114 valence electrons. The summed E-state index contributed by atoms with van der Waals surface area (Å²) in [7, 11) is 0. The minimum absolute atomic E-state index is 0.139. The summed E-state index contributed by atoms with van der Waals surface area (Å²) in [6, 6.07) is 10.5. The number of hydrogen-bond donors (Lipinski definition) is 0. The van der Waals surface area contributed by atoms with E-state index >= 15 is 0 Å². The van der Waals surface area contributed by atoms with E-state index in [1.165, 1.54) is 5.56 Å². The van der Waals surface area contributed by atoms with Crippen molar-refractivity contribution in [3.05, 3.63) is 60.2 Å². The fraction of sp³-hybridized carbons (Fsp3) is 0.353. The highest BCUT2D eigenvalue weighted by Crippen LogP contribution is 2.26. The van der Waals surface area contributed by atoms with E-state index in [2.05, 4.69) is 27.0 Å². The summed E-state index contributed by atoms with van der Waals surface area (Å²) < 4.78 is 0. The van der Waals surface area contributed by atoms with Gasteiger partial charge in [-0.3, -0.25) is 19.7 Å². The van der Waals surface area contributed by atoms with Crippen LogP contribution in [-0.2, 0) is 11.3 Å². The van der Waals surface area contributed by atoms with Crippen LogP contribution in [0, 0.1) is 0 Å². The lowest BCUT2D eigenvalue weighted by Gasteiger charge is -2.41. The second-order valence-corrected chi connectivity index (χ2v) is 5.56. The monoisotopic (exact) mass is 296 g/mol. The van der Waals surface area contributed by atoms with Gasteiger partial charge in [-0.05, 0) is 5.56 Å². The second kappa shape index (κ2) is 6.66. The highest BCUT2D eigenvalue weighted by Gasteiger charge is 2.29. The lowest BCUT2D eigenvalue weighted by molar-refractivity contribution is -0.132. The minimum atomic E-state index is 0.139. The first-order valence-corrected chi connectivity index (χ1v) is 7.53. The Bertz CT molecular complexity index is 617. The number of aromatic nitrogens is 2. The Kier molecular flexibility index (Phi) is 4.44. The second-order valence-electron chi connectivity index (χ2n) is 5.56. The van der Waals surface area contributed by atoms with E-state index < -0.39 is 0 Å². The molecule has 5 heteroatoms. The van der Waals surface area contributed by atoms with Crippen molar-refractivity contribution in [2.24, 2.45) is 0 Å². The smallest absolute Gasteiger partial charge is 0.219 e. The first-order valence-electron chi connectivity index (χ1n) is 7.53. The van der Waals surface area contributed by atoms with Crippen LogP contribution in [0.4, 0.5) is 0 Å². The highest BCUT2D eigenvalue weighted by atomic mass is 16.2. The molecule has 1 aliphatic heterocycles. The van der Waals surface area contributed by atoms with Crippen molar-refractivity contribution in [3.8, 4) is 0 Å². The molecule has 0 N–H and O–H groups in total. The predicted octanol–water partition coefficient (Wildman–Crippen LogP) is 1.88. The molecule has 1 saturated heterocycles.